The normalized spacial score (nSPS) is 8.82. The van der Waals surface area contributed by atoms with Crippen molar-refractivity contribution < 1.29 is 13.3 Å². The minimum Gasteiger partial charge on any atom is -0.499 e. The Kier molecular flexibility index (Phi) is 2.80. The van der Waals surface area contributed by atoms with E-state index in [1.165, 1.54) is 7.11 Å². The molecule has 0 aliphatic heterocycles. The zero-order valence-corrected chi connectivity index (χ0v) is 7.11. The molecule has 0 spiro atoms. The van der Waals surface area contributed by atoms with Crippen LogP contribution in [-0.4, -0.2) is 16.3 Å². The largest absolute Gasteiger partial charge is 0.772 e. The zero-order valence-electron chi connectivity index (χ0n) is 6.11. The summed E-state index contributed by atoms with van der Waals surface area (Å²) >= 11 is 0. The van der Waals surface area contributed by atoms with E-state index in [2.05, 4.69) is 4.43 Å². The first-order valence-electron chi connectivity index (χ1n) is 3.14. The van der Waals surface area contributed by atoms with Gasteiger partial charge in [-0.25, -0.2) is 0 Å². The van der Waals surface area contributed by atoms with Gasteiger partial charge in [-0.1, -0.05) is 18.2 Å². The molecule has 0 saturated heterocycles. The van der Waals surface area contributed by atoms with Gasteiger partial charge in [-0.2, -0.15) is 0 Å². The molecule has 3 nitrogen and oxygen atoms in total. The fourth-order valence-electron chi connectivity index (χ4n) is 0.626. The van der Waals surface area contributed by atoms with Crippen molar-refractivity contribution in [2.45, 2.75) is 0 Å². The monoisotopic (exact) mass is 168 g/mol. The first-order valence-corrected chi connectivity index (χ1v) is 4.36. The van der Waals surface area contributed by atoms with Gasteiger partial charge in [-0.3, -0.25) is 4.46 Å². The fraction of sp³-hybridized carbons (Fsp3) is 0.143. The van der Waals surface area contributed by atoms with Gasteiger partial charge < -0.3 is 8.85 Å². The third kappa shape index (κ3) is 2.51. The van der Waals surface area contributed by atoms with Crippen molar-refractivity contribution in [1.29, 1.82) is 0 Å². The minimum atomic E-state index is -2.33. The summed E-state index contributed by atoms with van der Waals surface area (Å²) in [6.45, 7) is 0. The summed E-state index contributed by atoms with van der Waals surface area (Å²) in [5, 5.41) is 0. The van der Waals surface area contributed by atoms with Gasteiger partial charge >= 0.3 is 9.17 Å². The number of hydrogen-bond donors (Lipinski definition) is 0. The van der Waals surface area contributed by atoms with Gasteiger partial charge in [0.05, 0.1) is 7.11 Å². The van der Waals surface area contributed by atoms with Gasteiger partial charge in [0.15, 0.2) is 0 Å². The molecule has 1 rings (SSSR count). The van der Waals surface area contributed by atoms with Crippen LogP contribution in [0.5, 0.6) is 5.75 Å². The van der Waals surface area contributed by atoms with Crippen LogP contribution in [0.25, 0.3) is 0 Å². The third-order valence-electron chi connectivity index (χ3n) is 1.11. The van der Waals surface area contributed by atoms with E-state index in [0.717, 1.165) is 0 Å². The molecule has 4 heteroatoms. The van der Waals surface area contributed by atoms with Crippen molar-refractivity contribution in [2.75, 3.05) is 7.11 Å². The van der Waals surface area contributed by atoms with Crippen LogP contribution in [0.3, 0.4) is 0 Å². The van der Waals surface area contributed by atoms with Crippen molar-refractivity contribution in [2.24, 2.45) is 0 Å². The molecule has 0 fully saturated rings. The van der Waals surface area contributed by atoms with E-state index in [1.807, 2.05) is 6.07 Å². The lowest BCUT2D eigenvalue weighted by atomic mass is 10.3. The summed E-state index contributed by atoms with van der Waals surface area (Å²) in [7, 11) is -0.980. The summed E-state index contributed by atoms with van der Waals surface area (Å²) < 4.78 is 20.1. The lowest BCUT2D eigenvalue weighted by Gasteiger charge is -1.99. The van der Waals surface area contributed by atoms with Crippen molar-refractivity contribution in [3.8, 4) is 5.75 Å². The van der Waals surface area contributed by atoms with Crippen molar-refractivity contribution in [1.82, 2.24) is 0 Å². The Hall–Kier alpha value is -1.16. The maximum Gasteiger partial charge on any atom is 0.772 e. The summed E-state index contributed by atoms with van der Waals surface area (Å²) in [6.07, 6.45) is 0. The van der Waals surface area contributed by atoms with Crippen molar-refractivity contribution in [3.05, 3.63) is 30.3 Å². The van der Waals surface area contributed by atoms with Gasteiger partial charge in [0.1, 0.15) is 5.75 Å². The molecule has 0 aliphatic rings. The molecule has 0 heterocycles. The van der Waals surface area contributed by atoms with Crippen LogP contribution in [0.4, 0.5) is 0 Å². The fourth-order valence-corrected chi connectivity index (χ4v) is 1.04. The predicted molar refractivity (Wildman–Crippen MR) is 40.5 cm³/mol. The molecule has 0 aliphatic carbocycles. The van der Waals surface area contributed by atoms with Gasteiger partial charge in [-0.05, 0) is 12.1 Å². The number of rotatable bonds is 3. The van der Waals surface area contributed by atoms with Crippen LogP contribution in [0.1, 0.15) is 0 Å². The SMILES string of the molecule is CO[Si](=O)Oc1ccccc1. The highest BCUT2D eigenvalue weighted by atomic mass is 28.3. The van der Waals surface area contributed by atoms with Gasteiger partial charge in [0.25, 0.3) is 0 Å². The second-order valence-corrected chi connectivity index (χ2v) is 2.98. The van der Waals surface area contributed by atoms with E-state index in [1.54, 1.807) is 24.3 Å². The molecule has 0 atom stereocenters. The van der Waals surface area contributed by atoms with Crippen molar-refractivity contribution >= 4 is 9.17 Å². The molecule has 58 valence electrons. The lowest BCUT2D eigenvalue weighted by Crippen LogP contribution is -2.12. The number of para-hydroxylation sites is 1. The average molecular weight is 168 g/mol. The maximum atomic E-state index is 10.7. The molecule has 1 aromatic rings. The summed E-state index contributed by atoms with van der Waals surface area (Å²) in [6, 6.07) is 8.92. The molecule has 1 aromatic carbocycles. The van der Waals surface area contributed by atoms with Gasteiger partial charge in [-0.15, -0.1) is 0 Å². The Balaban J connectivity index is 2.58. The first-order chi connectivity index (χ1) is 5.33. The Morgan fingerprint density at radius 1 is 1.27 bits per heavy atom. The van der Waals surface area contributed by atoms with Crippen LogP contribution in [0, 0.1) is 0 Å². The van der Waals surface area contributed by atoms with E-state index < -0.39 is 9.17 Å². The molecule has 0 N–H and O–H groups in total. The van der Waals surface area contributed by atoms with Crippen LogP contribution in [0.15, 0.2) is 30.3 Å². The van der Waals surface area contributed by atoms with E-state index in [9.17, 15) is 4.46 Å². The van der Waals surface area contributed by atoms with Crippen LogP contribution < -0.4 is 4.43 Å². The van der Waals surface area contributed by atoms with Crippen LogP contribution >= 0.6 is 0 Å². The second-order valence-electron chi connectivity index (χ2n) is 1.87. The lowest BCUT2D eigenvalue weighted by molar-refractivity contribution is 0.283. The quantitative estimate of drug-likeness (QED) is 0.635. The number of benzene rings is 1. The second kappa shape index (κ2) is 3.87. The summed E-state index contributed by atoms with van der Waals surface area (Å²) in [5.41, 5.74) is 0. The third-order valence-corrected chi connectivity index (χ3v) is 1.85. The predicted octanol–water partition coefficient (Wildman–Crippen LogP) is 1.13. The average Bonchev–Trinajstić information content (AvgIpc) is 2.06. The Morgan fingerprint density at radius 3 is 2.45 bits per heavy atom. The Bertz CT molecular complexity index is 235. The first kappa shape index (κ1) is 7.94. The molecule has 0 bridgehead atoms. The topological polar surface area (TPSA) is 35.5 Å². The molecule has 0 radical (unpaired) electrons. The molecule has 0 amide bonds. The van der Waals surface area contributed by atoms with E-state index in [-0.39, 0.29) is 0 Å². The highest BCUT2D eigenvalue weighted by Crippen LogP contribution is 2.07. The molecule has 0 saturated carbocycles. The highest BCUT2D eigenvalue weighted by Gasteiger charge is 2.08. The molecule has 0 unspecified atom stereocenters. The molecular weight excluding hydrogens is 160 g/mol. The zero-order chi connectivity index (χ0) is 8.10. The summed E-state index contributed by atoms with van der Waals surface area (Å²) in [5.74, 6) is 0.568. The minimum absolute atomic E-state index is 0.568. The molecule has 0 aromatic heterocycles. The maximum absolute atomic E-state index is 10.7. The Labute approximate surface area is 66.5 Å². The van der Waals surface area contributed by atoms with Gasteiger partial charge in [0, 0.05) is 0 Å². The smallest absolute Gasteiger partial charge is 0.499 e. The van der Waals surface area contributed by atoms with Crippen molar-refractivity contribution in [3.63, 3.8) is 0 Å². The standard InChI is InChI=1S/C7H8O3Si/c1-9-11(8)10-7-5-3-2-4-6-7/h2-6H,1H3. The number of hydrogen-bond acceptors (Lipinski definition) is 3. The summed E-state index contributed by atoms with van der Waals surface area (Å²) in [4.78, 5) is 0. The molecule has 11 heavy (non-hydrogen) atoms. The van der Waals surface area contributed by atoms with E-state index >= 15 is 0 Å². The van der Waals surface area contributed by atoms with E-state index in [4.69, 9.17) is 4.43 Å². The molecular formula is C7H8O3Si. The highest BCUT2D eigenvalue weighted by molar-refractivity contribution is 6.27. The van der Waals surface area contributed by atoms with Crippen LogP contribution in [-0.2, 0) is 8.89 Å². The Morgan fingerprint density at radius 2 is 1.91 bits per heavy atom. The van der Waals surface area contributed by atoms with Gasteiger partial charge in [0.2, 0.25) is 0 Å². The van der Waals surface area contributed by atoms with E-state index in [0.29, 0.717) is 5.75 Å². The van der Waals surface area contributed by atoms with Crippen LogP contribution in [0.2, 0.25) is 0 Å².